The molecule has 0 radical (unpaired) electrons. The number of nitrogens with one attached hydrogen (secondary N) is 2. The highest BCUT2D eigenvalue weighted by Crippen LogP contribution is 2.27. The van der Waals surface area contributed by atoms with E-state index < -0.39 is 0 Å². The molecular weight excluding hydrogens is 276 g/mol. The van der Waals surface area contributed by atoms with Crippen LogP contribution >= 0.6 is 11.3 Å². The second kappa shape index (κ2) is 5.97. The standard InChI is InChI=1S/C13H22N4O2S/c1-4-15-12-17-10(14)9(20-12)11(18)16-8-5-6-19-13(2,3)7-8/h8H,4-7,14H2,1-3H3,(H,15,17)(H,16,18). The second-order valence-electron chi connectivity index (χ2n) is 5.54. The molecule has 0 aliphatic carbocycles. The molecule has 1 atom stereocenters. The number of nitrogens with zero attached hydrogens (tertiary/aromatic N) is 1. The molecule has 1 unspecified atom stereocenters. The highest BCUT2D eigenvalue weighted by Gasteiger charge is 2.30. The topological polar surface area (TPSA) is 89.3 Å². The monoisotopic (exact) mass is 298 g/mol. The maximum atomic E-state index is 12.3. The number of nitrogens with two attached hydrogens (primary N) is 1. The minimum Gasteiger partial charge on any atom is -0.382 e. The van der Waals surface area contributed by atoms with Crippen LogP contribution < -0.4 is 16.4 Å². The van der Waals surface area contributed by atoms with Gasteiger partial charge in [-0.15, -0.1) is 0 Å². The summed E-state index contributed by atoms with van der Waals surface area (Å²) < 4.78 is 5.65. The van der Waals surface area contributed by atoms with Crippen molar-refractivity contribution in [2.45, 2.75) is 45.3 Å². The van der Waals surface area contributed by atoms with E-state index in [1.54, 1.807) is 0 Å². The normalized spacial score (nSPS) is 21.4. The highest BCUT2D eigenvalue weighted by atomic mass is 32.1. The number of thiazole rings is 1. The van der Waals surface area contributed by atoms with Crippen molar-refractivity contribution in [3.8, 4) is 0 Å². The van der Waals surface area contributed by atoms with E-state index in [4.69, 9.17) is 10.5 Å². The molecule has 0 spiro atoms. The molecule has 1 saturated heterocycles. The van der Waals surface area contributed by atoms with Crippen molar-refractivity contribution in [1.82, 2.24) is 10.3 Å². The summed E-state index contributed by atoms with van der Waals surface area (Å²) in [6.07, 6.45) is 1.63. The van der Waals surface area contributed by atoms with Crippen molar-refractivity contribution < 1.29 is 9.53 Å². The van der Waals surface area contributed by atoms with Gasteiger partial charge in [-0.1, -0.05) is 11.3 Å². The van der Waals surface area contributed by atoms with E-state index in [0.29, 0.717) is 16.6 Å². The van der Waals surface area contributed by atoms with Gasteiger partial charge in [0.1, 0.15) is 10.7 Å². The minimum atomic E-state index is -0.190. The van der Waals surface area contributed by atoms with Gasteiger partial charge in [0.2, 0.25) is 0 Å². The summed E-state index contributed by atoms with van der Waals surface area (Å²) in [5.74, 6) is 0.140. The van der Waals surface area contributed by atoms with E-state index in [9.17, 15) is 4.79 Å². The Balaban J connectivity index is 2.01. The van der Waals surface area contributed by atoms with E-state index >= 15 is 0 Å². The number of hydrogen-bond donors (Lipinski definition) is 3. The molecule has 1 amide bonds. The lowest BCUT2D eigenvalue weighted by molar-refractivity contribution is -0.0615. The third-order valence-electron chi connectivity index (χ3n) is 3.22. The zero-order valence-electron chi connectivity index (χ0n) is 12.2. The first-order valence-corrected chi connectivity index (χ1v) is 7.68. The molecule has 1 aromatic heterocycles. The summed E-state index contributed by atoms with van der Waals surface area (Å²) in [6, 6.07) is 0.121. The largest absolute Gasteiger partial charge is 0.382 e. The van der Waals surface area contributed by atoms with Crippen LogP contribution in [0.15, 0.2) is 0 Å². The number of amides is 1. The Kier molecular flexibility index (Phi) is 4.49. The van der Waals surface area contributed by atoms with Gasteiger partial charge in [0, 0.05) is 19.2 Å². The van der Waals surface area contributed by atoms with E-state index in [2.05, 4.69) is 15.6 Å². The van der Waals surface area contributed by atoms with Crippen molar-refractivity contribution in [1.29, 1.82) is 0 Å². The molecular formula is C13H22N4O2S. The van der Waals surface area contributed by atoms with Gasteiger partial charge in [-0.05, 0) is 33.6 Å². The smallest absolute Gasteiger partial charge is 0.265 e. The van der Waals surface area contributed by atoms with E-state index in [0.717, 1.165) is 19.4 Å². The molecule has 2 rings (SSSR count). The summed E-state index contributed by atoms with van der Waals surface area (Å²) in [4.78, 5) is 16.9. The van der Waals surface area contributed by atoms with Gasteiger partial charge in [-0.25, -0.2) is 4.98 Å². The van der Waals surface area contributed by atoms with Crippen LogP contribution in [0.5, 0.6) is 0 Å². The van der Waals surface area contributed by atoms with Gasteiger partial charge in [-0.2, -0.15) is 0 Å². The van der Waals surface area contributed by atoms with Crippen molar-refractivity contribution in [3.05, 3.63) is 4.88 Å². The Labute approximate surface area is 123 Å². The Bertz CT molecular complexity index is 487. The Morgan fingerprint density at radius 3 is 3.00 bits per heavy atom. The van der Waals surface area contributed by atoms with Gasteiger partial charge in [-0.3, -0.25) is 4.79 Å². The second-order valence-corrected chi connectivity index (χ2v) is 6.53. The maximum absolute atomic E-state index is 12.3. The summed E-state index contributed by atoms with van der Waals surface area (Å²) >= 11 is 1.29. The average molecular weight is 298 g/mol. The number of aromatic nitrogens is 1. The lowest BCUT2D eigenvalue weighted by Gasteiger charge is -2.35. The van der Waals surface area contributed by atoms with Gasteiger partial charge in [0.25, 0.3) is 5.91 Å². The van der Waals surface area contributed by atoms with Crippen LogP contribution in [0, 0.1) is 0 Å². The van der Waals surface area contributed by atoms with Crippen molar-refractivity contribution in [2.75, 3.05) is 24.2 Å². The van der Waals surface area contributed by atoms with E-state index in [1.165, 1.54) is 11.3 Å². The molecule has 1 aliphatic heterocycles. The quantitative estimate of drug-likeness (QED) is 0.789. The molecule has 0 aromatic carbocycles. The zero-order valence-corrected chi connectivity index (χ0v) is 13.0. The lowest BCUT2D eigenvalue weighted by Crippen LogP contribution is -2.45. The SMILES string of the molecule is CCNc1nc(N)c(C(=O)NC2CCOC(C)(C)C2)s1. The minimum absolute atomic E-state index is 0.121. The molecule has 112 valence electrons. The first kappa shape index (κ1) is 15.1. The Morgan fingerprint density at radius 2 is 2.35 bits per heavy atom. The van der Waals surface area contributed by atoms with E-state index in [1.807, 2.05) is 20.8 Å². The molecule has 0 saturated carbocycles. The van der Waals surface area contributed by atoms with Gasteiger partial charge < -0.3 is 21.1 Å². The molecule has 4 N–H and O–H groups in total. The van der Waals surface area contributed by atoms with Crippen LogP contribution in [-0.2, 0) is 4.74 Å². The molecule has 20 heavy (non-hydrogen) atoms. The molecule has 6 nitrogen and oxygen atoms in total. The fourth-order valence-electron chi connectivity index (χ4n) is 2.33. The van der Waals surface area contributed by atoms with Gasteiger partial charge >= 0.3 is 0 Å². The van der Waals surface area contributed by atoms with Crippen molar-refractivity contribution in [3.63, 3.8) is 0 Å². The number of nitrogen functional groups attached to an aromatic ring is 1. The van der Waals surface area contributed by atoms with Crippen LogP contribution in [0.2, 0.25) is 0 Å². The number of carbonyl (C=O) groups excluding carboxylic acids is 1. The molecule has 7 heteroatoms. The third-order valence-corrected chi connectivity index (χ3v) is 4.25. The maximum Gasteiger partial charge on any atom is 0.265 e. The van der Waals surface area contributed by atoms with Crippen molar-refractivity contribution in [2.24, 2.45) is 0 Å². The van der Waals surface area contributed by atoms with Crippen LogP contribution in [0.25, 0.3) is 0 Å². The molecule has 0 bridgehead atoms. The fourth-order valence-corrected chi connectivity index (χ4v) is 3.18. The van der Waals surface area contributed by atoms with E-state index in [-0.39, 0.29) is 23.4 Å². The number of anilines is 2. The molecule has 1 aliphatic rings. The Morgan fingerprint density at radius 1 is 1.60 bits per heavy atom. The number of ether oxygens (including phenoxy) is 1. The van der Waals surface area contributed by atoms with Crippen LogP contribution in [0.4, 0.5) is 10.9 Å². The summed E-state index contributed by atoms with van der Waals surface area (Å²) in [7, 11) is 0. The van der Waals surface area contributed by atoms with Crippen molar-refractivity contribution >= 4 is 28.2 Å². The lowest BCUT2D eigenvalue weighted by atomic mass is 9.94. The fraction of sp³-hybridized carbons (Fsp3) is 0.692. The molecule has 1 aromatic rings. The van der Waals surface area contributed by atoms with Crippen LogP contribution in [0.3, 0.4) is 0 Å². The summed E-state index contributed by atoms with van der Waals surface area (Å²) in [5.41, 5.74) is 5.61. The number of carbonyl (C=O) groups is 1. The third kappa shape index (κ3) is 3.61. The number of rotatable bonds is 4. The predicted molar refractivity (Wildman–Crippen MR) is 81.2 cm³/mol. The average Bonchev–Trinajstić information content (AvgIpc) is 2.69. The molecule has 2 heterocycles. The van der Waals surface area contributed by atoms with Gasteiger partial charge in [0.05, 0.1) is 5.60 Å². The highest BCUT2D eigenvalue weighted by molar-refractivity contribution is 7.18. The van der Waals surface area contributed by atoms with Crippen LogP contribution in [0.1, 0.15) is 43.3 Å². The first-order chi connectivity index (χ1) is 9.41. The summed E-state index contributed by atoms with van der Waals surface area (Å²) in [5, 5.41) is 6.78. The number of hydrogen-bond acceptors (Lipinski definition) is 6. The Hall–Kier alpha value is -1.34. The first-order valence-electron chi connectivity index (χ1n) is 6.86. The predicted octanol–water partition coefficient (Wildman–Crippen LogP) is 1.84. The summed E-state index contributed by atoms with van der Waals surface area (Å²) in [6.45, 7) is 7.47. The zero-order chi connectivity index (χ0) is 14.8. The molecule has 1 fully saturated rings. The van der Waals surface area contributed by atoms with Crippen LogP contribution in [-0.4, -0.2) is 35.7 Å². The van der Waals surface area contributed by atoms with Gasteiger partial charge in [0.15, 0.2) is 5.13 Å².